The second-order valence-corrected chi connectivity index (χ2v) is 7.89. The summed E-state index contributed by atoms with van der Waals surface area (Å²) in [6.07, 6.45) is 0. The Labute approximate surface area is 151 Å². The molecule has 0 aliphatic heterocycles. The van der Waals surface area contributed by atoms with E-state index in [2.05, 4.69) is 15.5 Å². The normalized spacial score (nSPS) is 10.4. The van der Waals surface area contributed by atoms with Gasteiger partial charge in [0.2, 0.25) is 11.8 Å². The zero-order chi connectivity index (χ0) is 17.4. The van der Waals surface area contributed by atoms with Gasteiger partial charge in [0.05, 0.1) is 18.6 Å². The van der Waals surface area contributed by atoms with Crippen LogP contribution >= 0.6 is 34.9 Å². The first-order chi connectivity index (χ1) is 11.6. The molecule has 7 nitrogen and oxygen atoms in total. The number of ether oxygens (including phenoxy) is 1. The summed E-state index contributed by atoms with van der Waals surface area (Å²) in [7, 11) is 1.60. The van der Waals surface area contributed by atoms with Crippen molar-refractivity contribution in [1.82, 2.24) is 15.5 Å². The largest absolute Gasteiger partial charge is 0.496 e. The molecule has 1 heterocycles. The molecule has 128 valence electrons. The van der Waals surface area contributed by atoms with Crippen molar-refractivity contribution in [3.05, 3.63) is 29.8 Å². The number of hydrogen-bond donors (Lipinski definition) is 2. The molecule has 2 amide bonds. The van der Waals surface area contributed by atoms with Gasteiger partial charge in [0, 0.05) is 12.1 Å². The summed E-state index contributed by atoms with van der Waals surface area (Å²) in [6.45, 7) is 0.402. The van der Waals surface area contributed by atoms with Crippen LogP contribution in [0.2, 0.25) is 0 Å². The van der Waals surface area contributed by atoms with Crippen LogP contribution < -0.4 is 15.8 Å². The maximum Gasteiger partial charge on any atom is 0.230 e. The lowest BCUT2D eigenvalue weighted by atomic mass is 10.2. The Morgan fingerprint density at radius 1 is 1.21 bits per heavy atom. The number of primary amides is 1. The highest BCUT2D eigenvalue weighted by molar-refractivity contribution is 8.03. The Kier molecular flexibility index (Phi) is 7.35. The SMILES string of the molecule is COc1ccccc1CNC(=O)CSc1nnc(SCC(N)=O)s1. The summed E-state index contributed by atoms with van der Waals surface area (Å²) in [5.41, 5.74) is 5.99. The number of benzene rings is 1. The number of thioether (sulfide) groups is 2. The number of nitrogens with one attached hydrogen (secondary N) is 1. The maximum atomic E-state index is 11.9. The summed E-state index contributed by atoms with van der Waals surface area (Å²) in [6, 6.07) is 7.52. The Morgan fingerprint density at radius 3 is 2.54 bits per heavy atom. The molecule has 2 rings (SSSR count). The predicted octanol–water partition coefficient (Wildman–Crippen LogP) is 1.53. The number of rotatable bonds is 9. The van der Waals surface area contributed by atoms with Crippen LogP contribution in [-0.4, -0.2) is 40.6 Å². The minimum atomic E-state index is -0.403. The standard InChI is InChI=1S/C14H16N4O3S3/c1-21-10-5-3-2-4-9(10)6-16-12(20)8-23-14-18-17-13(24-14)22-7-11(15)19/h2-5H,6-8H2,1H3,(H2,15,19)(H,16,20). The van der Waals surface area contributed by atoms with E-state index in [-0.39, 0.29) is 17.4 Å². The average molecular weight is 385 g/mol. The summed E-state index contributed by atoms with van der Waals surface area (Å²) < 4.78 is 6.57. The van der Waals surface area contributed by atoms with E-state index >= 15 is 0 Å². The Morgan fingerprint density at radius 2 is 1.88 bits per heavy atom. The van der Waals surface area contributed by atoms with Crippen molar-refractivity contribution in [1.29, 1.82) is 0 Å². The number of carbonyl (C=O) groups excluding carboxylic acids is 2. The molecule has 0 fully saturated rings. The number of hydrogen-bond acceptors (Lipinski definition) is 8. The number of amides is 2. The lowest BCUT2D eigenvalue weighted by Gasteiger charge is -2.09. The van der Waals surface area contributed by atoms with Crippen LogP contribution in [0.4, 0.5) is 0 Å². The highest BCUT2D eigenvalue weighted by atomic mass is 32.2. The molecule has 1 aromatic heterocycles. The number of nitrogens with two attached hydrogens (primary N) is 1. The zero-order valence-corrected chi connectivity index (χ0v) is 15.3. The number of nitrogens with zero attached hydrogens (tertiary/aromatic N) is 2. The smallest absolute Gasteiger partial charge is 0.230 e. The first kappa shape index (κ1) is 18.6. The summed E-state index contributed by atoms with van der Waals surface area (Å²) in [4.78, 5) is 22.6. The van der Waals surface area contributed by atoms with Crippen molar-refractivity contribution < 1.29 is 14.3 Å². The fraction of sp³-hybridized carbons (Fsp3) is 0.286. The third-order valence-corrected chi connectivity index (χ3v) is 5.93. The number of aromatic nitrogens is 2. The molecule has 10 heteroatoms. The average Bonchev–Trinajstić information content (AvgIpc) is 3.04. The van der Waals surface area contributed by atoms with Gasteiger partial charge in [-0.25, -0.2) is 0 Å². The first-order valence-electron chi connectivity index (χ1n) is 6.84. The van der Waals surface area contributed by atoms with Gasteiger partial charge in [0.25, 0.3) is 0 Å². The molecule has 0 unspecified atom stereocenters. The Bertz CT molecular complexity index is 708. The topological polar surface area (TPSA) is 107 Å². The van der Waals surface area contributed by atoms with E-state index < -0.39 is 5.91 Å². The van der Waals surface area contributed by atoms with Gasteiger partial charge >= 0.3 is 0 Å². The van der Waals surface area contributed by atoms with Crippen molar-refractivity contribution in [3.63, 3.8) is 0 Å². The van der Waals surface area contributed by atoms with Crippen molar-refractivity contribution in [2.24, 2.45) is 5.73 Å². The van der Waals surface area contributed by atoms with E-state index in [0.29, 0.717) is 15.2 Å². The van der Waals surface area contributed by atoms with Crippen LogP contribution in [0.1, 0.15) is 5.56 Å². The third-order valence-electron chi connectivity index (χ3n) is 2.72. The Hall–Kier alpha value is -1.78. The molecule has 0 aliphatic carbocycles. The van der Waals surface area contributed by atoms with Gasteiger partial charge in [-0.3, -0.25) is 9.59 Å². The lowest BCUT2D eigenvalue weighted by Crippen LogP contribution is -2.24. The summed E-state index contributed by atoms with van der Waals surface area (Å²) in [5.74, 6) is 0.640. The van der Waals surface area contributed by atoms with E-state index in [4.69, 9.17) is 10.5 Å². The van der Waals surface area contributed by atoms with Gasteiger partial charge in [-0.15, -0.1) is 10.2 Å². The maximum absolute atomic E-state index is 11.9. The minimum Gasteiger partial charge on any atom is -0.496 e. The quantitative estimate of drug-likeness (QED) is 0.631. The van der Waals surface area contributed by atoms with E-state index in [1.165, 1.54) is 34.9 Å². The van der Waals surface area contributed by atoms with Gasteiger partial charge in [0.1, 0.15) is 5.75 Å². The second-order valence-electron chi connectivity index (χ2n) is 4.47. The summed E-state index contributed by atoms with van der Waals surface area (Å²) in [5, 5.41) is 10.7. The molecule has 2 aromatic rings. The molecular weight excluding hydrogens is 368 g/mol. The van der Waals surface area contributed by atoms with Gasteiger partial charge in [0.15, 0.2) is 8.68 Å². The molecular formula is C14H16N4O3S3. The van der Waals surface area contributed by atoms with Gasteiger partial charge < -0.3 is 15.8 Å². The molecule has 0 saturated heterocycles. The minimum absolute atomic E-state index is 0.104. The second kappa shape index (κ2) is 9.50. The molecule has 0 aliphatic rings. The molecule has 24 heavy (non-hydrogen) atoms. The van der Waals surface area contributed by atoms with E-state index in [9.17, 15) is 9.59 Å². The zero-order valence-electron chi connectivity index (χ0n) is 12.9. The molecule has 1 aromatic carbocycles. The highest BCUT2D eigenvalue weighted by Gasteiger charge is 2.10. The van der Waals surface area contributed by atoms with E-state index in [1.807, 2.05) is 24.3 Å². The molecule has 0 spiro atoms. The van der Waals surface area contributed by atoms with Crippen LogP contribution in [0.3, 0.4) is 0 Å². The first-order valence-corrected chi connectivity index (χ1v) is 9.63. The molecule has 3 N–H and O–H groups in total. The number of carbonyl (C=O) groups is 2. The number of methoxy groups -OCH3 is 1. The van der Waals surface area contributed by atoms with Crippen molar-refractivity contribution in [3.8, 4) is 5.75 Å². The lowest BCUT2D eigenvalue weighted by molar-refractivity contribution is -0.118. The van der Waals surface area contributed by atoms with E-state index in [1.54, 1.807) is 7.11 Å². The van der Waals surface area contributed by atoms with Crippen LogP contribution in [0, 0.1) is 0 Å². The van der Waals surface area contributed by atoms with Crippen LogP contribution in [0.15, 0.2) is 32.9 Å². The fourth-order valence-corrected chi connectivity index (χ4v) is 4.26. The van der Waals surface area contributed by atoms with Gasteiger partial charge in [-0.2, -0.15) is 0 Å². The van der Waals surface area contributed by atoms with Crippen LogP contribution in [0.25, 0.3) is 0 Å². The summed E-state index contributed by atoms with van der Waals surface area (Å²) >= 11 is 3.87. The Balaban J connectivity index is 1.76. The van der Waals surface area contributed by atoms with Crippen LogP contribution in [-0.2, 0) is 16.1 Å². The predicted molar refractivity (Wildman–Crippen MR) is 95.4 cm³/mol. The third kappa shape index (κ3) is 6.02. The van der Waals surface area contributed by atoms with Gasteiger partial charge in [-0.05, 0) is 6.07 Å². The molecule has 0 saturated carbocycles. The molecule has 0 bridgehead atoms. The highest BCUT2D eigenvalue weighted by Crippen LogP contribution is 2.28. The van der Waals surface area contributed by atoms with E-state index in [0.717, 1.165) is 11.3 Å². The fourth-order valence-electron chi connectivity index (χ4n) is 1.67. The molecule has 0 radical (unpaired) electrons. The van der Waals surface area contributed by atoms with Crippen molar-refractivity contribution >= 4 is 46.7 Å². The van der Waals surface area contributed by atoms with Crippen molar-refractivity contribution in [2.45, 2.75) is 15.2 Å². The van der Waals surface area contributed by atoms with Crippen LogP contribution in [0.5, 0.6) is 5.75 Å². The molecule has 0 atom stereocenters. The van der Waals surface area contributed by atoms with Crippen molar-refractivity contribution in [2.75, 3.05) is 18.6 Å². The monoisotopic (exact) mass is 384 g/mol. The number of para-hydroxylation sites is 1. The van der Waals surface area contributed by atoms with Gasteiger partial charge in [-0.1, -0.05) is 53.1 Å².